The highest BCUT2D eigenvalue weighted by molar-refractivity contribution is 5.96. The van der Waals surface area contributed by atoms with Crippen molar-refractivity contribution in [2.24, 2.45) is 0 Å². The predicted octanol–water partition coefficient (Wildman–Crippen LogP) is 6.41. The fourth-order valence-corrected chi connectivity index (χ4v) is 5.38. The highest BCUT2D eigenvalue weighted by Gasteiger charge is 2.25. The number of hydrogen-bond acceptors (Lipinski definition) is 4. The zero-order chi connectivity index (χ0) is 24.4. The lowest BCUT2D eigenvalue weighted by molar-refractivity contribution is 0.0697. The summed E-state index contributed by atoms with van der Waals surface area (Å²) >= 11 is 0. The molecule has 0 radical (unpaired) electrons. The van der Waals surface area contributed by atoms with Crippen LogP contribution in [0.25, 0.3) is 22.2 Å². The third-order valence-corrected chi connectivity index (χ3v) is 7.24. The van der Waals surface area contributed by atoms with Crippen LogP contribution in [0.2, 0.25) is 0 Å². The maximum atomic E-state index is 11.7. The van der Waals surface area contributed by atoms with Crippen molar-refractivity contribution in [2.75, 3.05) is 0 Å². The second-order valence-corrected chi connectivity index (χ2v) is 9.44. The lowest BCUT2D eigenvalue weighted by Gasteiger charge is -2.22. The van der Waals surface area contributed by atoms with E-state index in [0.29, 0.717) is 18.0 Å². The topological polar surface area (TPSA) is 80.9 Å². The Bertz CT molecular complexity index is 1350. The Balaban J connectivity index is 1.57. The molecule has 2 aromatic carbocycles. The Kier molecular flexibility index (Phi) is 6.62. The molecule has 0 spiro atoms. The van der Waals surface area contributed by atoms with Gasteiger partial charge in [0.25, 0.3) is 0 Å². The summed E-state index contributed by atoms with van der Waals surface area (Å²) < 4.78 is 2.39. The molecule has 0 atom stereocenters. The summed E-state index contributed by atoms with van der Waals surface area (Å²) in [6.45, 7) is 4.95. The van der Waals surface area contributed by atoms with Crippen LogP contribution in [-0.2, 0) is 19.4 Å². The van der Waals surface area contributed by atoms with Crippen LogP contribution in [0.3, 0.4) is 0 Å². The standard InChI is InChI=1S/C29H32N4O2/c1-3-24-26-27(25(4-2)32-31-24)33(28(30-26)21-10-6-5-7-11-21)18-19-14-16-20(17-15-19)22-12-8-9-13-23(22)29(34)35/h8-9,12-17,21H,3-7,10-11,18H2,1-2H3,(H,34,35). The summed E-state index contributed by atoms with van der Waals surface area (Å²) in [5, 5.41) is 18.6. The van der Waals surface area contributed by atoms with Gasteiger partial charge in [-0.15, -0.1) is 0 Å². The number of rotatable bonds is 7. The molecule has 6 heteroatoms. The highest BCUT2D eigenvalue weighted by Crippen LogP contribution is 2.35. The normalized spacial score (nSPS) is 14.5. The van der Waals surface area contributed by atoms with Crippen molar-refractivity contribution in [2.45, 2.75) is 71.3 Å². The monoisotopic (exact) mass is 468 g/mol. The summed E-state index contributed by atoms with van der Waals surface area (Å²) in [7, 11) is 0. The number of benzene rings is 2. The van der Waals surface area contributed by atoms with Crippen LogP contribution in [0, 0.1) is 0 Å². The van der Waals surface area contributed by atoms with Crippen LogP contribution < -0.4 is 0 Å². The van der Waals surface area contributed by atoms with E-state index in [1.165, 1.54) is 37.9 Å². The third kappa shape index (κ3) is 4.45. The first kappa shape index (κ1) is 23.2. The number of carboxylic acid groups (broad SMARTS) is 1. The zero-order valence-corrected chi connectivity index (χ0v) is 20.5. The molecule has 4 aromatic rings. The second-order valence-electron chi connectivity index (χ2n) is 9.44. The van der Waals surface area contributed by atoms with E-state index in [0.717, 1.165) is 52.0 Å². The average molecular weight is 469 g/mol. The van der Waals surface area contributed by atoms with Gasteiger partial charge in [0.05, 0.1) is 22.5 Å². The SMILES string of the molecule is CCc1nnc(CC)c2c1nc(C1CCCCC1)n2Cc1ccc(-c2ccccc2C(=O)O)cc1. The molecule has 0 amide bonds. The van der Waals surface area contributed by atoms with Gasteiger partial charge >= 0.3 is 5.97 Å². The van der Waals surface area contributed by atoms with E-state index < -0.39 is 5.97 Å². The zero-order valence-electron chi connectivity index (χ0n) is 20.5. The number of aromatic nitrogens is 4. The molecule has 0 aliphatic heterocycles. The number of fused-ring (bicyclic) bond motifs is 1. The molecule has 0 unspecified atom stereocenters. The molecule has 2 heterocycles. The predicted molar refractivity (Wildman–Crippen MR) is 138 cm³/mol. The van der Waals surface area contributed by atoms with Crippen LogP contribution in [0.1, 0.15) is 85.0 Å². The molecule has 1 N–H and O–H groups in total. The largest absolute Gasteiger partial charge is 0.478 e. The summed E-state index contributed by atoms with van der Waals surface area (Å²) in [5.74, 6) is 0.720. The van der Waals surface area contributed by atoms with E-state index in [9.17, 15) is 9.90 Å². The van der Waals surface area contributed by atoms with Crippen molar-refractivity contribution in [3.8, 4) is 11.1 Å². The minimum Gasteiger partial charge on any atom is -0.478 e. The van der Waals surface area contributed by atoms with Crippen molar-refractivity contribution < 1.29 is 9.90 Å². The number of aromatic carboxylic acids is 1. The number of aryl methyl sites for hydroxylation is 2. The molecule has 35 heavy (non-hydrogen) atoms. The van der Waals surface area contributed by atoms with Crippen molar-refractivity contribution in [3.63, 3.8) is 0 Å². The lowest BCUT2D eigenvalue weighted by atomic mass is 9.88. The Morgan fingerprint density at radius 1 is 0.943 bits per heavy atom. The molecule has 0 bridgehead atoms. The van der Waals surface area contributed by atoms with Gasteiger partial charge in [-0.25, -0.2) is 9.78 Å². The van der Waals surface area contributed by atoms with Crippen molar-refractivity contribution >= 4 is 17.0 Å². The van der Waals surface area contributed by atoms with E-state index >= 15 is 0 Å². The smallest absolute Gasteiger partial charge is 0.336 e. The van der Waals surface area contributed by atoms with E-state index in [1.54, 1.807) is 12.1 Å². The average Bonchev–Trinajstić information content (AvgIpc) is 3.28. The minimum absolute atomic E-state index is 0.318. The van der Waals surface area contributed by atoms with Gasteiger partial charge in [0.1, 0.15) is 11.3 Å². The lowest BCUT2D eigenvalue weighted by Crippen LogP contribution is -2.13. The third-order valence-electron chi connectivity index (χ3n) is 7.24. The molecule has 0 saturated heterocycles. The fourth-order valence-electron chi connectivity index (χ4n) is 5.38. The van der Waals surface area contributed by atoms with Crippen LogP contribution >= 0.6 is 0 Å². The van der Waals surface area contributed by atoms with Crippen molar-refractivity contribution in [1.29, 1.82) is 0 Å². The number of hydrogen-bond donors (Lipinski definition) is 1. The van der Waals surface area contributed by atoms with Crippen molar-refractivity contribution in [1.82, 2.24) is 19.7 Å². The van der Waals surface area contributed by atoms with Crippen LogP contribution in [0.5, 0.6) is 0 Å². The Labute approximate surface area is 206 Å². The molecular weight excluding hydrogens is 436 g/mol. The molecule has 1 fully saturated rings. The first-order valence-electron chi connectivity index (χ1n) is 12.8. The van der Waals surface area contributed by atoms with Gasteiger partial charge in [0.2, 0.25) is 0 Å². The summed E-state index contributed by atoms with van der Waals surface area (Å²) in [5.41, 5.74) is 7.22. The Hall–Kier alpha value is -3.54. The van der Waals surface area contributed by atoms with Crippen LogP contribution in [0.4, 0.5) is 0 Å². The van der Waals surface area contributed by atoms with Gasteiger partial charge < -0.3 is 9.67 Å². The van der Waals surface area contributed by atoms with E-state index in [4.69, 9.17) is 4.98 Å². The second kappa shape index (κ2) is 9.98. The first-order valence-corrected chi connectivity index (χ1v) is 12.8. The number of imidazole rings is 1. The van der Waals surface area contributed by atoms with Gasteiger partial charge in [0.15, 0.2) is 0 Å². The number of nitrogens with zero attached hydrogens (tertiary/aromatic N) is 4. The molecule has 2 aromatic heterocycles. The molecule has 1 saturated carbocycles. The molecule has 5 rings (SSSR count). The fraction of sp³-hybridized carbons (Fsp3) is 0.379. The maximum absolute atomic E-state index is 11.7. The van der Waals surface area contributed by atoms with Gasteiger partial charge in [-0.3, -0.25) is 0 Å². The summed E-state index contributed by atoms with van der Waals surface area (Å²) in [4.78, 5) is 16.9. The Morgan fingerprint density at radius 3 is 2.31 bits per heavy atom. The molecule has 6 nitrogen and oxygen atoms in total. The van der Waals surface area contributed by atoms with Gasteiger partial charge in [-0.1, -0.05) is 75.6 Å². The quantitative estimate of drug-likeness (QED) is 0.339. The highest BCUT2D eigenvalue weighted by atomic mass is 16.4. The van der Waals surface area contributed by atoms with Crippen molar-refractivity contribution in [3.05, 3.63) is 76.9 Å². The molecule has 1 aliphatic rings. The molecule has 180 valence electrons. The Morgan fingerprint density at radius 2 is 1.63 bits per heavy atom. The number of carboxylic acids is 1. The maximum Gasteiger partial charge on any atom is 0.336 e. The molecule has 1 aliphatic carbocycles. The first-order chi connectivity index (χ1) is 17.1. The van der Waals surface area contributed by atoms with E-state index in [-0.39, 0.29) is 0 Å². The number of carbonyl (C=O) groups is 1. The van der Waals surface area contributed by atoms with Crippen LogP contribution in [-0.4, -0.2) is 30.8 Å². The van der Waals surface area contributed by atoms with E-state index in [1.807, 2.05) is 24.3 Å². The van der Waals surface area contributed by atoms with Gasteiger partial charge in [-0.05, 0) is 48.4 Å². The summed E-state index contributed by atoms with van der Waals surface area (Å²) in [6, 6.07) is 15.4. The van der Waals surface area contributed by atoms with Gasteiger partial charge in [0, 0.05) is 12.5 Å². The van der Waals surface area contributed by atoms with Gasteiger partial charge in [-0.2, -0.15) is 10.2 Å². The molecular formula is C29H32N4O2. The van der Waals surface area contributed by atoms with Crippen LogP contribution in [0.15, 0.2) is 48.5 Å². The minimum atomic E-state index is -0.911. The summed E-state index contributed by atoms with van der Waals surface area (Å²) in [6.07, 6.45) is 7.79. The van der Waals surface area contributed by atoms with E-state index in [2.05, 4.69) is 40.7 Å².